The van der Waals surface area contributed by atoms with Crippen LogP contribution in [0.25, 0.3) is 32.7 Å². The molecule has 0 unspecified atom stereocenters. The van der Waals surface area contributed by atoms with Crippen molar-refractivity contribution in [1.82, 2.24) is 0 Å². The molecule has 0 amide bonds. The van der Waals surface area contributed by atoms with Crippen LogP contribution in [0.5, 0.6) is 0 Å². The molecule has 136 valence electrons. The number of aryl methyl sites for hydroxylation is 1. The van der Waals surface area contributed by atoms with E-state index in [-0.39, 0.29) is 16.3 Å². The topological polar surface area (TPSA) is 0 Å². The Hall–Kier alpha value is -2.59. The van der Waals surface area contributed by atoms with Crippen LogP contribution in [0.4, 0.5) is 17.6 Å². The van der Waals surface area contributed by atoms with E-state index in [1.54, 1.807) is 24.3 Å². The molecule has 0 aromatic heterocycles. The SMILES string of the molecule is CCc1ccc2c(cc(F)c3cc(-c4cc(F)c(Cl)c(F)c4)ccc32)c1F. The predicted octanol–water partition coefficient (Wildman–Crippen LogP) is 7.43. The van der Waals surface area contributed by atoms with Gasteiger partial charge in [-0.2, -0.15) is 0 Å². The fourth-order valence-corrected chi connectivity index (χ4v) is 3.48. The minimum atomic E-state index is -0.889. The molecule has 0 aliphatic carbocycles. The maximum Gasteiger partial charge on any atom is 0.145 e. The summed E-state index contributed by atoms with van der Waals surface area (Å²) in [6.45, 7) is 1.83. The minimum Gasteiger partial charge on any atom is -0.206 e. The van der Waals surface area contributed by atoms with Gasteiger partial charge in [-0.25, -0.2) is 17.6 Å². The minimum absolute atomic E-state index is 0.218. The number of hydrogen-bond donors (Lipinski definition) is 0. The highest BCUT2D eigenvalue weighted by atomic mass is 35.5. The Kier molecular flexibility index (Phi) is 4.31. The van der Waals surface area contributed by atoms with Gasteiger partial charge in [0.1, 0.15) is 28.3 Å². The zero-order valence-electron chi connectivity index (χ0n) is 14.2. The van der Waals surface area contributed by atoms with Gasteiger partial charge >= 0.3 is 0 Å². The molecular weight excluding hydrogens is 376 g/mol. The fourth-order valence-electron chi connectivity index (χ4n) is 3.37. The second kappa shape index (κ2) is 6.54. The maximum absolute atomic E-state index is 14.7. The third-order valence-corrected chi connectivity index (χ3v) is 5.16. The summed E-state index contributed by atoms with van der Waals surface area (Å²) < 4.78 is 56.8. The van der Waals surface area contributed by atoms with Crippen LogP contribution in [-0.4, -0.2) is 0 Å². The molecule has 0 fully saturated rings. The summed E-state index contributed by atoms with van der Waals surface area (Å²) in [5.41, 5.74) is 1.19. The van der Waals surface area contributed by atoms with Gasteiger partial charge < -0.3 is 0 Å². The van der Waals surface area contributed by atoms with Gasteiger partial charge in [0.2, 0.25) is 0 Å². The summed E-state index contributed by atoms with van der Waals surface area (Å²) in [6, 6.07) is 11.6. The van der Waals surface area contributed by atoms with E-state index in [1.165, 1.54) is 12.1 Å². The number of hydrogen-bond acceptors (Lipinski definition) is 0. The van der Waals surface area contributed by atoms with Gasteiger partial charge in [-0.15, -0.1) is 0 Å². The molecule has 0 spiro atoms. The molecule has 0 radical (unpaired) electrons. The molecule has 0 N–H and O–H groups in total. The van der Waals surface area contributed by atoms with Crippen LogP contribution < -0.4 is 0 Å². The van der Waals surface area contributed by atoms with Crippen LogP contribution in [0, 0.1) is 23.3 Å². The first-order valence-corrected chi connectivity index (χ1v) is 8.76. The number of benzene rings is 4. The highest BCUT2D eigenvalue weighted by Crippen LogP contribution is 2.35. The predicted molar refractivity (Wildman–Crippen MR) is 101 cm³/mol. The standard InChI is InChI=1S/C22H13ClF4/c1-2-11-3-5-15-14-6-4-12(13-8-19(25)21(23)20(26)9-13)7-16(14)18(24)10-17(15)22(11)27/h3-10H,2H2,1H3. The van der Waals surface area contributed by atoms with Crippen molar-refractivity contribution in [1.29, 1.82) is 0 Å². The number of halogens is 5. The van der Waals surface area contributed by atoms with Gasteiger partial charge in [0.25, 0.3) is 0 Å². The van der Waals surface area contributed by atoms with Crippen LogP contribution in [0.15, 0.2) is 48.5 Å². The lowest BCUT2D eigenvalue weighted by Crippen LogP contribution is -1.93. The van der Waals surface area contributed by atoms with Crippen LogP contribution >= 0.6 is 11.6 Å². The summed E-state index contributed by atoms with van der Waals surface area (Å²) >= 11 is 5.52. The van der Waals surface area contributed by atoms with Gasteiger partial charge in [-0.3, -0.25) is 0 Å². The number of rotatable bonds is 2. The highest BCUT2D eigenvalue weighted by Gasteiger charge is 2.15. The van der Waals surface area contributed by atoms with Gasteiger partial charge in [0.15, 0.2) is 0 Å². The third-order valence-electron chi connectivity index (χ3n) is 4.80. The first-order valence-electron chi connectivity index (χ1n) is 8.39. The van der Waals surface area contributed by atoms with E-state index in [9.17, 15) is 17.6 Å². The van der Waals surface area contributed by atoms with Crippen molar-refractivity contribution in [2.75, 3.05) is 0 Å². The Bertz CT molecular complexity index is 1190. The molecule has 0 saturated carbocycles. The molecule has 0 aliphatic rings. The number of fused-ring (bicyclic) bond motifs is 3. The van der Waals surface area contributed by atoms with E-state index in [4.69, 9.17) is 11.6 Å². The third kappa shape index (κ3) is 2.85. The molecule has 0 aliphatic heterocycles. The summed E-state index contributed by atoms with van der Waals surface area (Å²) in [4.78, 5) is 0. The normalized spacial score (nSPS) is 11.5. The lowest BCUT2D eigenvalue weighted by Gasteiger charge is -2.11. The fraction of sp³-hybridized carbons (Fsp3) is 0.0909. The molecule has 0 saturated heterocycles. The average molecular weight is 389 g/mol. The Balaban J connectivity index is 1.98. The second-order valence-corrected chi connectivity index (χ2v) is 6.74. The highest BCUT2D eigenvalue weighted by molar-refractivity contribution is 6.31. The Labute approximate surface area is 158 Å². The maximum atomic E-state index is 14.7. The molecule has 0 atom stereocenters. The molecule has 0 nitrogen and oxygen atoms in total. The van der Waals surface area contributed by atoms with Crippen molar-refractivity contribution >= 4 is 33.1 Å². The zero-order valence-corrected chi connectivity index (χ0v) is 15.0. The average Bonchev–Trinajstić information content (AvgIpc) is 2.66. The van der Waals surface area contributed by atoms with E-state index in [0.29, 0.717) is 28.3 Å². The Morgan fingerprint density at radius 3 is 1.96 bits per heavy atom. The van der Waals surface area contributed by atoms with Gasteiger partial charge in [0.05, 0.1) is 0 Å². The molecule has 0 bridgehead atoms. The zero-order chi connectivity index (χ0) is 19.3. The van der Waals surface area contributed by atoms with Crippen molar-refractivity contribution in [3.8, 4) is 11.1 Å². The van der Waals surface area contributed by atoms with Crippen LogP contribution in [0.2, 0.25) is 5.02 Å². The van der Waals surface area contributed by atoms with Crippen molar-refractivity contribution in [2.45, 2.75) is 13.3 Å². The van der Waals surface area contributed by atoms with Crippen LogP contribution in [0.3, 0.4) is 0 Å². The Morgan fingerprint density at radius 2 is 1.30 bits per heavy atom. The smallest absolute Gasteiger partial charge is 0.145 e. The van der Waals surface area contributed by atoms with E-state index in [0.717, 1.165) is 12.1 Å². The van der Waals surface area contributed by atoms with Crippen LogP contribution in [0.1, 0.15) is 12.5 Å². The first kappa shape index (κ1) is 17.8. The summed E-state index contributed by atoms with van der Waals surface area (Å²) in [5, 5.41) is 1.00. The van der Waals surface area contributed by atoms with Crippen molar-refractivity contribution < 1.29 is 17.6 Å². The van der Waals surface area contributed by atoms with E-state index >= 15 is 0 Å². The monoisotopic (exact) mass is 388 g/mol. The quantitative estimate of drug-likeness (QED) is 0.190. The second-order valence-electron chi connectivity index (χ2n) is 6.36. The van der Waals surface area contributed by atoms with Gasteiger partial charge in [-0.05, 0) is 58.1 Å². The van der Waals surface area contributed by atoms with Crippen molar-refractivity contribution in [3.63, 3.8) is 0 Å². The Morgan fingerprint density at radius 1 is 0.667 bits per heavy atom. The lowest BCUT2D eigenvalue weighted by molar-refractivity contribution is 0.585. The van der Waals surface area contributed by atoms with Gasteiger partial charge in [-0.1, -0.05) is 42.8 Å². The molecular formula is C22H13ClF4. The molecule has 4 rings (SSSR count). The molecule has 0 heterocycles. The summed E-state index contributed by atoms with van der Waals surface area (Å²) in [5.74, 6) is -2.80. The van der Waals surface area contributed by atoms with Crippen molar-refractivity contribution in [3.05, 3.63) is 82.4 Å². The molecule has 27 heavy (non-hydrogen) atoms. The molecule has 4 aromatic carbocycles. The van der Waals surface area contributed by atoms with Gasteiger partial charge in [0, 0.05) is 10.8 Å². The van der Waals surface area contributed by atoms with E-state index in [2.05, 4.69) is 0 Å². The largest absolute Gasteiger partial charge is 0.206 e. The first-order chi connectivity index (χ1) is 12.9. The van der Waals surface area contributed by atoms with Crippen LogP contribution in [-0.2, 0) is 6.42 Å². The summed E-state index contributed by atoms with van der Waals surface area (Å²) in [7, 11) is 0. The van der Waals surface area contributed by atoms with E-state index in [1.807, 2.05) is 6.92 Å². The molecule has 4 aromatic rings. The van der Waals surface area contributed by atoms with E-state index < -0.39 is 28.3 Å². The molecule has 5 heteroatoms. The van der Waals surface area contributed by atoms with Crippen molar-refractivity contribution in [2.24, 2.45) is 0 Å². The lowest BCUT2D eigenvalue weighted by atomic mass is 9.95. The summed E-state index contributed by atoms with van der Waals surface area (Å²) in [6.07, 6.45) is 0.508.